The first-order valence-corrected chi connectivity index (χ1v) is 13.8. The topological polar surface area (TPSA) is 86.8 Å². The first-order chi connectivity index (χ1) is 16.6. The minimum atomic E-state index is -3.65. The van der Waals surface area contributed by atoms with E-state index in [9.17, 15) is 18.0 Å². The largest absolute Gasteiger partial charge is 0.354 e. The molecule has 1 unspecified atom stereocenters. The van der Waals surface area contributed by atoms with Gasteiger partial charge in [-0.3, -0.25) is 9.59 Å². The summed E-state index contributed by atoms with van der Waals surface area (Å²) < 4.78 is 26.7. The summed E-state index contributed by atoms with van der Waals surface area (Å²) in [4.78, 5) is 27.9. The van der Waals surface area contributed by atoms with Crippen molar-refractivity contribution in [2.45, 2.75) is 57.0 Å². The number of nitrogens with one attached hydrogen (secondary N) is 1. The van der Waals surface area contributed by atoms with Crippen molar-refractivity contribution in [2.75, 3.05) is 20.1 Å². The SMILES string of the molecule is CCCNC(=O)C(CC)N(Cc1c(Cl)cccc1Cl)C(=O)CCCN(C)S(=O)(=O)c1ccccc1. The van der Waals surface area contributed by atoms with E-state index in [1.165, 1.54) is 28.4 Å². The van der Waals surface area contributed by atoms with E-state index in [1.54, 1.807) is 36.4 Å². The highest BCUT2D eigenvalue weighted by molar-refractivity contribution is 7.89. The Morgan fingerprint density at radius 1 is 1.00 bits per heavy atom. The van der Waals surface area contributed by atoms with Gasteiger partial charge in [-0.1, -0.05) is 61.3 Å². The van der Waals surface area contributed by atoms with Crippen LogP contribution in [0, 0.1) is 0 Å². The van der Waals surface area contributed by atoms with Crippen LogP contribution in [0.25, 0.3) is 0 Å². The van der Waals surface area contributed by atoms with Crippen LogP contribution in [0.3, 0.4) is 0 Å². The van der Waals surface area contributed by atoms with Crippen LogP contribution in [0.1, 0.15) is 45.1 Å². The van der Waals surface area contributed by atoms with Crippen LogP contribution in [0.5, 0.6) is 0 Å². The molecule has 0 saturated heterocycles. The summed E-state index contributed by atoms with van der Waals surface area (Å²) in [6.45, 7) is 4.53. The van der Waals surface area contributed by atoms with Crippen LogP contribution in [0.15, 0.2) is 53.4 Å². The minimum Gasteiger partial charge on any atom is -0.354 e. The molecule has 0 aliphatic carbocycles. The summed E-state index contributed by atoms with van der Waals surface area (Å²) >= 11 is 12.7. The van der Waals surface area contributed by atoms with E-state index in [0.29, 0.717) is 35.0 Å². The Labute approximate surface area is 218 Å². The molecule has 192 valence electrons. The number of hydrogen-bond acceptors (Lipinski definition) is 4. The Morgan fingerprint density at radius 3 is 2.20 bits per heavy atom. The van der Waals surface area contributed by atoms with Crippen LogP contribution < -0.4 is 5.32 Å². The van der Waals surface area contributed by atoms with Gasteiger partial charge in [0.25, 0.3) is 0 Å². The molecule has 2 rings (SSSR count). The predicted octanol–water partition coefficient (Wildman–Crippen LogP) is 4.73. The molecule has 2 aromatic rings. The second-order valence-corrected chi connectivity index (χ2v) is 11.0. The van der Waals surface area contributed by atoms with Crippen LogP contribution in [0.4, 0.5) is 0 Å². The maximum Gasteiger partial charge on any atom is 0.242 e. The molecule has 2 aromatic carbocycles. The maximum absolute atomic E-state index is 13.3. The molecule has 0 spiro atoms. The number of carbonyl (C=O) groups excluding carboxylic acids is 2. The molecule has 0 aliphatic rings. The molecule has 0 radical (unpaired) electrons. The summed E-state index contributed by atoms with van der Waals surface area (Å²) in [6, 6.07) is 12.5. The van der Waals surface area contributed by atoms with E-state index in [-0.39, 0.29) is 36.2 Å². The summed E-state index contributed by atoms with van der Waals surface area (Å²) in [7, 11) is -2.17. The van der Waals surface area contributed by atoms with Gasteiger partial charge in [0.2, 0.25) is 21.8 Å². The van der Waals surface area contributed by atoms with Crippen LogP contribution in [-0.4, -0.2) is 55.6 Å². The van der Waals surface area contributed by atoms with Crippen molar-refractivity contribution in [2.24, 2.45) is 0 Å². The van der Waals surface area contributed by atoms with Gasteiger partial charge >= 0.3 is 0 Å². The third-order valence-electron chi connectivity index (χ3n) is 5.64. The van der Waals surface area contributed by atoms with Crippen molar-refractivity contribution in [3.63, 3.8) is 0 Å². The van der Waals surface area contributed by atoms with Crippen LogP contribution >= 0.6 is 23.2 Å². The fourth-order valence-electron chi connectivity index (χ4n) is 3.63. The first kappa shape index (κ1) is 29.1. The van der Waals surface area contributed by atoms with Gasteiger partial charge in [0.15, 0.2) is 0 Å². The lowest BCUT2D eigenvalue weighted by molar-refractivity contribution is -0.141. The molecule has 0 aromatic heterocycles. The zero-order valence-electron chi connectivity index (χ0n) is 20.3. The third kappa shape index (κ3) is 7.93. The van der Waals surface area contributed by atoms with Gasteiger partial charge in [0.05, 0.1) is 4.90 Å². The molecule has 1 N–H and O–H groups in total. The molecule has 10 heteroatoms. The average molecular weight is 543 g/mol. The summed E-state index contributed by atoms with van der Waals surface area (Å²) in [5.74, 6) is -0.514. The van der Waals surface area contributed by atoms with Gasteiger partial charge in [-0.05, 0) is 43.5 Å². The molecule has 7 nitrogen and oxygen atoms in total. The zero-order valence-corrected chi connectivity index (χ0v) is 22.7. The van der Waals surface area contributed by atoms with Crippen LogP contribution in [0.2, 0.25) is 10.0 Å². The van der Waals surface area contributed by atoms with Crippen molar-refractivity contribution >= 4 is 45.0 Å². The zero-order chi connectivity index (χ0) is 26.0. The highest BCUT2D eigenvalue weighted by Gasteiger charge is 2.29. The Morgan fingerprint density at radius 2 is 1.63 bits per heavy atom. The normalized spacial score (nSPS) is 12.4. The minimum absolute atomic E-state index is 0.0638. The van der Waals surface area contributed by atoms with Crippen molar-refractivity contribution in [1.82, 2.24) is 14.5 Å². The number of rotatable bonds is 13. The smallest absolute Gasteiger partial charge is 0.242 e. The van der Waals surface area contributed by atoms with Gasteiger partial charge in [-0.15, -0.1) is 0 Å². The van der Waals surface area contributed by atoms with Crippen molar-refractivity contribution in [1.29, 1.82) is 0 Å². The van der Waals surface area contributed by atoms with Gasteiger partial charge in [-0.25, -0.2) is 12.7 Å². The number of benzene rings is 2. The highest BCUT2D eigenvalue weighted by atomic mass is 35.5. The molecule has 0 bridgehead atoms. The van der Waals surface area contributed by atoms with Gasteiger partial charge < -0.3 is 10.2 Å². The molecule has 35 heavy (non-hydrogen) atoms. The van der Waals surface area contributed by atoms with Gasteiger partial charge in [-0.2, -0.15) is 0 Å². The molecule has 0 aliphatic heterocycles. The fraction of sp³-hybridized carbons (Fsp3) is 0.440. The molecule has 1 atom stereocenters. The van der Waals surface area contributed by atoms with E-state index >= 15 is 0 Å². The summed E-state index contributed by atoms with van der Waals surface area (Å²) in [6.07, 6.45) is 1.54. The highest BCUT2D eigenvalue weighted by Crippen LogP contribution is 2.27. The molecule has 2 amide bonds. The summed E-state index contributed by atoms with van der Waals surface area (Å²) in [5, 5.41) is 3.68. The van der Waals surface area contributed by atoms with E-state index in [4.69, 9.17) is 23.2 Å². The van der Waals surface area contributed by atoms with E-state index < -0.39 is 16.1 Å². The second kappa shape index (κ2) is 13.8. The molecular formula is C25H33Cl2N3O4S. The van der Waals surface area contributed by atoms with Crippen molar-refractivity contribution < 1.29 is 18.0 Å². The maximum atomic E-state index is 13.3. The Bertz CT molecular complexity index is 1080. The number of halogens is 2. The Kier molecular flexibility index (Phi) is 11.5. The van der Waals surface area contributed by atoms with E-state index in [1.807, 2.05) is 13.8 Å². The van der Waals surface area contributed by atoms with Gasteiger partial charge in [0.1, 0.15) is 6.04 Å². The number of sulfonamides is 1. The fourth-order valence-corrected chi connectivity index (χ4v) is 5.38. The third-order valence-corrected chi connectivity index (χ3v) is 8.22. The van der Waals surface area contributed by atoms with E-state index in [2.05, 4.69) is 5.32 Å². The van der Waals surface area contributed by atoms with Crippen LogP contribution in [-0.2, 0) is 26.2 Å². The van der Waals surface area contributed by atoms with Crippen molar-refractivity contribution in [3.05, 3.63) is 64.1 Å². The average Bonchev–Trinajstić information content (AvgIpc) is 2.84. The van der Waals surface area contributed by atoms with Crippen molar-refractivity contribution in [3.8, 4) is 0 Å². The lowest BCUT2D eigenvalue weighted by Crippen LogP contribution is -2.49. The lowest BCUT2D eigenvalue weighted by Gasteiger charge is -2.31. The lowest BCUT2D eigenvalue weighted by atomic mass is 10.1. The monoisotopic (exact) mass is 541 g/mol. The molecule has 0 fully saturated rings. The molecule has 0 saturated carbocycles. The Balaban J connectivity index is 2.17. The quantitative estimate of drug-likeness (QED) is 0.397. The van der Waals surface area contributed by atoms with Gasteiger partial charge in [0, 0.05) is 48.7 Å². The Hall–Kier alpha value is -2.13. The molecular weight excluding hydrogens is 509 g/mol. The number of amides is 2. The van der Waals surface area contributed by atoms with E-state index in [0.717, 1.165) is 6.42 Å². The number of nitrogens with zero attached hydrogens (tertiary/aromatic N) is 2. The second-order valence-electron chi connectivity index (χ2n) is 8.18. The predicted molar refractivity (Wildman–Crippen MR) is 140 cm³/mol. The number of hydrogen-bond donors (Lipinski definition) is 1. The standard InChI is InChI=1S/C25H33Cl2N3O4S/c1-4-16-28-25(32)23(5-2)30(18-20-21(26)13-9-14-22(20)27)24(31)15-10-17-29(3)35(33,34)19-11-7-6-8-12-19/h6-9,11-14,23H,4-5,10,15-18H2,1-3H3,(H,28,32). The molecule has 0 heterocycles. The summed E-state index contributed by atoms with van der Waals surface area (Å²) in [5.41, 5.74) is 0.565. The number of carbonyl (C=O) groups is 2. The first-order valence-electron chi connectivity index (χ1n) is 11.6.